The molecule has 5 nitrogen and oxygen atoms in total. The van der Waals surface area contributed by atoms with Crippen molar-refractivity contribution in [1.29, 1.82) is 0 Å². The highest BCUT2D eigenvalue weighted by Crippen LogP contribution is 2.34. The highest BCUT2D eigenvalue weighted by atomic mass is 32.1. The number of benzene rings is 1. The zero-order chi connectivity index (χ0) is 20.7. The summed E-state index contributed by atoms with van der Waals surface area (Å²) in [6.07, 6.45) is -4.56. The fourth-order valence-corrected chi connectivity index (χ4v) is 3.35. The molecular weight excluding hydrogens is 391 g/mol. The molecule has 1 atom stereocenters. The van der Waals surface area contributed by atoms with E-state index in [0.29, 0.717) is 6.54 Å². The lowest BCUT2D eigenvalue weighted by molar-refractivity contribution is -0.137. The third-order valence-corrected chi connectivity index (χ3v) is 5.09. The van der Waals surface area contributed by atoms with E-state index in [1.54, 1.807) is 11.8 Å². The van der Waals surface area contributed by atoms with Crippen molar-refractivity contribution in [2.75, 3.05) is 25.0 Å². The van der Waals surface area contributed by atoms with E-state index in [4.69, 9.17) is 0 Å². The average Bonchev–Trinajstić information content (AvgIpc) is 3.15. The number of nitrogens with one attached hydrogen (secondary N) is 2. The number of amides is 2. The zero-order valence-electron chi connectivity index (χ0n) is 15.5. The molecule has 1 heterocycles. The fraction of sp³-hybridized carbons (Fsp3) is 0.368. The van der Waals surface area contributed by atoms with E-state index in [2.05, 4.69) is 10.6 Å². The molecule has 2 rings (SSSR count). The molecule has 0 saturated carbocycles. The Hall–Kier alpha value is -2.39. The Morgan fingerprint density at radius 1 is 1.11 bits per heavy atom. The number of anilines is 1. The van der Waals surface area contributed by atoms with Crippen molar-refractivity contribution in [3.05, 3.63) is 52.2 Å². The van der Waals surface area contributed by atoms with Gasteiger partial charge in [-0.05, 0) is 37.0 Å². The van der Waals surface area contributed by atoms with Crippen LogP contribution in [0.1, 0.15) is 30.3 Å². The highest BCUT2D eigenvalue weighted by Gasteiger charge is 2.33. The van der Waals surface area contributed by atoms with Gasteiger partial charge in [-0.1, -0.05) is 25.1 Å². The molecule has 28 heavy (non-hydrogen) atoms. The molecule has 0 bridgehead atoms. The Bertz CT molecular complexity index is 794. The Morgan fingerprint density at radius 2 is 1.79 bits per heavy atom. The summed E-state index contributed by atoms with van der Waals surface area (Å²) in [4.78, 5) is 27.0. The first kappa shape index (κ1) is 21.9. The first-order valence-electron chi connectivity index (χ1n) is 8.72. The SMILES string of the molecule is CCN(CC(=O)Nc1ccccc1C(F)(F)F)CC(=O)NC(C)c1cccs1. The van der Waals surface area contributed by atoms with Gasteiger partial charge in [-0.3, -0.25) is 14.5 Å². The Balaban J connectivity index is 1.92. The molecule has 152 valence electrons. The third kappa shape index (κ3) is 6.35. The monoisotopic (exact) mass is 413 g/mol. The first-order valence-corrected chi connectivity index (χ1v) is 9.59. The average molecular weight is 413 g/mol. The predicted octanol–water partition coefficient (Wildman–Crippen LogP) is 3.90. The van der Waals surface area contributed by atoms with Crippen LogP contribution in [0.4, 0.5) is 18.9 Å². The number of hydrogen-bond donors (Lipinski definition) is 2. The smallest absolute Gasteiger partial charge is 0.348 e. The number of likely N-dealkylation sites (N-methyl/N-ethyl adjacent to an activating group) is 1. The van der Waals surface area contributed by atoms with E-state index in [0.717, 1.165) is 10.9 Å². The molecule has 0 aliphatic heterocycles. The molecule has 0 spiro atoms. The summed E-state index contributed by atoms with van der Waals surface area (Å²) in [7, 11) is 0. The van der Waals surface area contributed by atoms with E-state index in [9.17, 15) is 22.8 Å². The largest absolute Gasteiger partial charge is 0.418 e. The molecule has 1 aromatic heterocycles. The fourth-order valence-electron chi connectivity index (χ4n) is 2.61. The third-order valence-electron chi connectivity index (χ3n) is 4.04. The number of para-hydroxylation sites is 1. The quantitative estimate of drug-likeness (QED) is 0.690. The van der Waals surface area contributed by atoms with Gasteiger partial charge in [0.25, 0.3) is 0 Å². The highest BCUT2D eigenvalue weighted by molar-refractivity contribution is 7.10. The van der Waals surface area contributed by atoms with Crippen LogP contribution in [-0.4, -0.2) is 36.3 Å². The van der Waals surface area contributed by atoms with Crippen LogP contribution in [0.3, 0.4) is 0 Å². The standard InChI is InChI=1S/C19H22F3N3O2S/c1-3-25(11-17(26)23-13(2)16-9-6-10-28-16)12-18(27)24-15-8-5-4-7-14(15)19(20,21)22/h4-10,13H,3,11-12H2,1-2H3,(H,23,26)(H,24,27). The van der Waals surface area contributed by atoms with Crippen LogP contribution >= 0.6 is 11.3 Å². The molecule has 0 radical (unpaired) electrons. The van der Waals surface area contributed by atoms with Crippen molar-refractivity contribution in [3.63, 3.8) is 0 Å². The number of hydrogen-bond acceptors (Lipinski definition) is 4. The Labute approximate surface area is 165 Å². The predicted molar refractivity (Wildman–Crippen MR) is 103 cm³/mol. The van der Waals surface area contributed by atoms with E-state index in [-0.39, 0.29) is 30.7 Å². The Kier molecular flexibility index (Phi) is 7.59. The van der Waals surface area contributed by atoms with E-state index < -0.39 is 17.6 Å². The van der Waals surface area contributed by atoms with Gasteiger partial charge in [-0.15, -0.1) is 11.3 Å². The van der Waals surface area contributed by atoms with Crippen molar-refractivity contribution in [2.24, 2.45) is 0 Å². The van der Waals surface area contributed by atoms with Gasteiger partial charge in [0.15, 0.2) is 0 Å². The molecule has 2 aromatic rings. The van der Waals surface area contributed by atoms with Crippen LogP contribution in [0.5, 0.6) is 0 Å². The first-order chi connectivity index (χ1) is 13.2. The summed E-state index contributed by atoms with van der Waals surface area (Å²) in [6, 6.07) is 8.44. The summed E-state index contributed by atoms with van der Waals surface area (Å²) >= 11 is 1.53. The van der Waals surface area contributed by atoms with Crippen molar-refractivity contribution in [2.45, 2.75) is 26.1 Å². The van der Waals surface area contributed by atoms with Crippen LogP contribution < -0.4 is 10.6 Å². The molecule has 2 N–H and O–H groups in total. The molecule has 0 saturated heterocycles. The molecule has 0 aliphatic rings. The van der Waals surface area contributed by atoms with Gasteiger partial charge in [0, 0.05) is 4.88 Å². The number of thiophene rings is 1. The van der Waals surface area contributed by atoms with Gasteiger partial charge in [-0.25, -0.2) is 0 Å². The minimum absolute atomic E-state index is 0.0272. The summed E-state index contributed by atoms with van der Waals surface area (Å²) in [5, 5.41) is 7.05. The summed E-state index contributed by atoms with van der Waals surface area (Å²) in [6.45, 7) is 3.81. The van der Waals surface area contributed by atoms with Gasteiger partial charge in [0.05, 0.1) is 30.4 Å². The number of carbonyl (C=O) groups excluding carboxylic acids is 2. The molecule has 1 aromatic carbocycles. The van der Waals surface area contributed by atoms with E-state index >= 15 is 0 Å². The normalized spacial score (nSPS) is 12.6. The lowest BCUT2D eigenvalue weighted by Gasteiger charge is -2.21. The van der Waals surface area contributed by atoms with Crippen molar-refractivity contribution in [3.8, 4) is 0 Å². The number of nitrogens with zero attached hydrogens (tertiary/aromatic N) is 1. The lowest BCUT2D eigenvalue weighted by Crippen LogP contribution is -2.41. The number of halogens is 3. The molecule has 1 unspecified atom stereocenters. The van der Waals surface area contributed by atoms with Crippen LogP contribution in [0.25, 0.3) is 0 Å². The second-order valence-electron chi connectivity index (χ2n) is 6.20. The lowest BCUT2D eigenvalue weighted by atomic mass is 10.1. The zero-order valence-corrected chi connectivity index (χ0v) is 16.4. The number of alkyl halides is 3. The minimum atomic E-state index is -4.56. The van der Waals surface area contributed by atoms with Crippen molar-refractivity contribution < 1.29 is 22.8 Å². The van der Waals surface area contributed by atoms with Gasteiger partial charge in [0.2, 0.25) is 11.8 Å². The van der Waals surface area contributed by atoms with Crippen LogP contribution in [-0.2, 0) is 15.8 Å². The van der Waals surface area contributed by atoms with Gasteiger partial charge >= 0.3 is 6.18 Å². The Morgan fingerprint density at radius 3 is 2.39 bits per heavy atom. The van der Waals surface area contributed by atoms with Crippen LogP contribution in [0, 0.1) is 0 Å². The molecule has 2 amide bonds. The maximum atomic E-state index is 13.0. The number of carbonyl (C=O) groups is 2. The maximum Gasteiger partial charge on any atom is 0.418 e. The maximum absolute atomic E-state index is 13.0. The second kappa shape index (κ2) is 9.70. The summed E-state index contributed by atoms with van der Waals surface area (Å²) in [5.41, 5.74) is -1.21. The molecule has 9 heteroatoms. The minimum Gasteiger partial charge on any atom is -0.348 e. The van der Waals surface area contributed by atoms with Gasteiger partial charge in [0.1, 0.15) is 0 Å². The molecular formula is C19H22F3N3O2S. The summed E-state index contributed by atoms with van der Waals surface area (Å²) in [5.74, 6) is -0.871. The molecule has 0 fully saturated rings. The van der Waals surface area contributed by atoms with Gasteiger partial charge in [-0.2, -0.15) is 13.2 Å². The van der Waals surface area contributed by atoms with Crippen molar-refractivity contribution in [1.82, 2.24) is 10.2 Å². The second-order valence-corrected chi connectivity index (χ2v) is 7.18. The van der Waals surface area contributed by atoms with Crippen molar-refractivity contribution >= 4 is 28.8 Å². The van der Waals surface area contributed by atoms with Crippen LogP contribution in [0.15, 0.2) is 41.8 Å². The van der Waals surface area contributed by atoms with Gasteiger partial charge < -0.3 is 10.6 Å². The molecule has 0 aliphatic carbocycles. The van der Waals surface area contributed by atoms with E-state index in [1.807, 2.05) is 24.4 Å². The topological polar surface area (TPSA) is 61.4 Å². The summed E-state index contributed by atoms with van der Waals surface area (Å²) < 4.78 is 39.1. The number of rotatable bonds is 8. The van der Waals surface area contributed by atoms with Crippen LogP contribution in [0.2, 0.25) is 0 Å². The van der Waals surface area contributed by atoms with E-state index in [1.165, 1.54) is 29.5 Å².